The molecule has 2 rings (SSSR count). The Labute approximate surface area is 163 Å². The molecule has 1 amide bonds. The monoisotopic (exact) mass is 378 g/mol. The molecule has 6 nitrogen and oxygen atoms in total. The van der Waals surface area contributed by atoms with Crippen molar-refractivity contribution in [2.75, 3.05) is 40.5 Å². The van der Waals surface area contributed by atoms with Gasteiger partial charge in [-0.15, -0.1) is 0 Å². The van der Waals surface area contributed by atoms with Crippen LogP contribution in [0.1, 0.15) is 32.3 Å². The number of nitrogens with zero attached hydrogens (tertiary/aromatic N) is 1. The van der Waals surface area contributed by atoms with Gasteiger partial charge in [0.2, 0.25) is 5.91 Å². The SMILES string of the molecule is CC(C)C(OCC1CCCO1)C(=O)NCc1cccc(OCCN(C)C)c1. The van der Waals surface area contributed by atoms with Crippen molar-refractivity contribution in [2.45, 2.75) is 45.4 Å². The van der Waals surface area contributed by atoms with Crippen LogP contribution in [0.3, 0.4) is 0 Å². The van der Waals surface area contributed by atoms with Crippen LogP contribution in [-0.4, -0.2) is 63.5 Å². The van der Waals surface area contributed by atoms with Crippen LogP contribution in [0.25, 0.3) is 0 Å². The van der Waals surface area contributed by atoms with E-state index in [1.54, 1.807) is 0 Å². The fraction of sp³-hybridized carbons (Fsp3) is 0.667. The number of rotatable bonds is 11. The van der Waals surface area contributed by atoms with Gasteiger partial charge in [0.1, 0.15) is 18.5 Å². The normalized spacial score (nSPS) is 18.1. The Hall–Kier alpha value is -1.63. The highest BCUT2D eigenvalue weighted by Gasteiger charge is 2.25. The topological polar surface area (TPSA) is 60.0 Å². The summed E-state index contributed by atoms with van der Waals surface area (Å²) in [7, 11) is 4.03. The van der Waals surface area contributed by atoms with Gasteiger partial charge in [0.15, 0.2) is 0 Å². The predicted molar refractivity (Wildman–Crippen MR) is 106 cm³/mol. The molecule has 0 spiro atoms. The third-order valence-corrected chi connectivity index (χ3v) is 4.52. The minimum Gasteiger partial charge on any atom is -0.492 e. The van der Waals surface area contributed by atoms with Crippen molar-refractivity contribution >= 4 is 5.91 Å². The summed E-state index contributed by atoms with van der Waals surface area (Å²) >= 11 is 0. The first-order valence-electron chi connectivity index (χ1n) is 9.83. The maximum atomic E-state index is 12.6. The van der Waals surface area contributed by atoms with Crippen LogP contribution >= 0.6 is 0 Å². The first kappa shape index (κ1) is 21.7. The number of carbonyl (C=O) groups excluding carboxylic acids is 1. The number of likely N-dealkylation sites (N-methyl/N-ethyl adjacent to an activating group) is 1. The number of amides is 1. The molecule has 1 aromatic carbocycles. The lowest BCUT2D eigenvalue weighted by atomic mass is 10.1. The minimum atomic E-state index is -0.464. The molecule has 2 atom stereocenters. The van der Waals surface area contributed by atoms with Crippen molar-refractivity contribution in [1.82, 2.24) is 10.2 Å². The summed E-state index contributed by atoms with van der Waals surface area (Å²) in [6, 6.07) is 7.83. The molecule has 152 valence electrons. The second-order valence-corrected chi connectivity index (χ2v) is 7.65. The molecule has 1 aliphatic heterocycles. The van der Waals surface area contributed by atoms with Gasteiger partial charge in [-0.1, -0.05) is 26.0 Å². The number of benzene rings is 1. The second kappa shape index (κ2) is 11.3. The molecule has 1 saturated heterocycles. The molecule has 0 saturated carbocycles. The summed E-state index contributed by atoms with van der Waals surface area (Å²) in [5.41, 5.74) is 1.01. The molecule has 6 heteroatoms. The van der Waals surface area contributed by atoms with Crippen LogP contribution in [0.4, 0.5) is 0 Å². The number of carbonyl (C=O) groups is 1. The smallest absolute Gasteiger partial charge is 0.249 e. The summed E-state index contributed by atoms with van der Waals surface area (Å²) in [5.74, 6) is 0.840. The Morgan fingerprint density at radius 1 is 1.37 bits per heavy atom. The first-order valence-corrected chi connectivity index (χ1v) is 9.83. The lowest BCUT2D eigenvalue weighted by Crippen LogP contribution is -2.40. The van der Waals surface area contributed by atoms with Gasteiger partial charge < -0.3 is 24.4 Å². The molecule has 1 aromatic rings. The quantitative estimate of drug-likeness (QED) is 0.641. The third-order valence-electron chi connectivity index (χ3n) is 4.52. The Kier molecular flexibility index (Phi) is 9.04. The average Bonchev–Trinajstić information content (AvgIpc) is 3.13. The Morgan fingerprint density at radius 3 is 2.85 bits per heavy atom. The maximum Gasteiger partial charge on any atom is 0.249 e. The molecule has 1 N–H and O–H groups in total. The van der Waals surface area contributed by atoms with Crippen LogP contribution in [0.15, 0.2) is 24.3 Å². The second-order valence-electron chi connectivity index (χ2n) is 7.65. The zero-order valence-corrected chi connectivity index (χ0v) is 17.1. The van der Waals surface area contributed by atoms with Gasteiger partial charge in [0, 0.05) is 19.7 Å². The molecule has 1 aliphatic rings. The van der Waals surface area contributed by atoms with Gasteiger partial charge in [-0.25, -0.2) is 0 Å². The van der Waals surface area contributed by atoms with E-state index in [0.717, 1.165) is 37.3 Å². The number of hydrogen-bond acceptors (Lipinski definition) is 5. The molecule has 27 heavy (non-hydrogen) atoms. The van der Waals surface area contributed by atoms with E-state index in [9.17, 15) is 4.79 Å². The zero-order valence-electron chi connectivity index (χ0n) is 17.1. The molecule has 0 aliphatic carbocycles. The van der Waals surface area contributed by atoms with E-state index in [2.05, 4.69) is 10.2 Å². The van der Waals surface area contributed by atoms with Crippen LogP contribution in [-0.2, 0) is 20.8 Å². The average molecular weight is 379 g/mol. The van der Waals surface area contributed by atoms with Gasteiger partial charge >= 0.3 is 0 Å². The first-order chi connectivity index (χ1) is 13.0. The maximum absolute atomic E-state index is 12.6. The Balaban J connectivity index is 1.81. The third kappa shape index (κ3) is 7.87. The molecular weight excluding hydrogens is 344 g/mol. The fourth-order valence-corrected chi connectivity index (χ4v) is 2.94. The summed E-state index contributed by atoms with van der Waals surface area (Å²) in [5, 5.41) is 2.99. The Bertz CT molecular complexity index is 571. The fourth-order valence-electron chi connectivity index (χ4n) is 2.94. The van der Waals surface area contributed by atoms with E-state index in [1.165, 1.54) is 0 Å². The number of ether oxygens (including phenoxy) is 3. The minimum absolute atomic E-state index is 0.0815. The lowest BCUT2D eigenvalue weighted by molar-refractivity contribution is -0.138. The number of nitrogens with one attached hydrogen (secondary N) is 1. The number of hydrogen-bond donors (Lipinski definition) is 1. The Morgan fingerprint density at radius 2 is 2.19 bits per heavy atom. The molecular formula is C21H34N2O4. The van der Waals surface area contributed by atoms with Crippen LogP contribution < -0.4 is 10.1 Å². The molecule has 0 radical (unpaired) electrons. The summed E-state index contributed by atoms with van der Waals surface area (Å²) in [4.78, 5) is 14.7. The van der Waals surface area contributed by atoms with Crippen molar-refractivity contribution in [3.8, 4) is 5.75 Å². The van der Waals surface area contributed by atoms with E-state index >= 15 is 0 Å². The molecule has 2 unspecified atom stereocenters. The zero-order chi connectivity index (χ0) is 19.6. The van der Waals surface area contributed by atoms with Gasteiger partial charge in [0.25, 0.3) is 0 Å². The molecule has 1 fully saturated rings. The van der Waals surface area contributed by atoms with Gasteiger partial charge in [0.05, 0.1) is 12.7 Å². The lowest BCUT2D eigenvalue weighted by Gasteiger charge is -2.22. The van der Waals surface area contributed by atoms with Crippen molar-refractivity contribution in [3.63, 3.8) is 0 Å². The van der Waals surface area contributed by atoms with Crippen molar-refractivity contribution in [2.24, 2.45) is 5.92 Å². The van der Waals surface area contributed by atoms with Crippen LogP contribution in [0, 0.1) is 5.92 Å². The highest BCUT2D eigenvalue weighted by molar-refractivity contribution is 5.81. The predicted octanol–water partition coefficient (Wildman–Crippen LogP) is 2.46. The van der Waals surface area contributed by atoms with Crippen LogP contribution in [0.2, 0.25) is 0 Å². The van der Waals surface area contributed by atoms with Crippen LogP contribution in [0.5, 0.6) is 5.75 Å². The highest BCUT2D eigenvalue weighted by Crippen LogP contribution is 2.16. The van der Waals surface area contributed by atoms with E-state index in [1.807, 2.05) is 52.2 Å². The van der Waals surface area contributed by atoms with Crippen molar-refractivity contribution in [1.29, 1.82) is 0 Å². The van der Waals surface area contributed by atoms with Gasteiger partial charge in [-0.2, -0.15) is 0 Å². The molecule has 1 heterocycles. The van der Waals surface area contributed by atoms with E-state index in [4.69, 9.17) is 14.2 Å². The van der Waals surface area contributed by atoms with Gasteiger partial charge in [-0.3, -0.25) is 4.79 Å². The highest BCUT2D eigenvalue weighted by atomic mass is 16.5. The standard InChI is InChI=1S/C21H34N2O4/c1-16(2)20(27-15-19-9-6-11-25-19)21(24)22-14-17-7-5-8-18(13-17)26-12-10-23(3)4/h5,7-8,13,16,19-20H,6,9-12,14-15H2,1-4H3,(H,22,24). The van der Waals surface area contributed by atoms with Crippen molar-refractivity contribution < 1.29 is 19.0 Å². The molecule has 0 bridgehead atoms. The van der Waals surface area contributed by atoms with E-state index < -0.39 is 6.10 Å². The van der Waals surface area contributed by atoms with Gasteiger partial charge in [-0.05, 0) is 50.6 Å². The summed E-state index contributed by atoms with van der Waals surface area (Å²) < 4.78 is 17.2. The van der Waals surface area contributed by atoms with E-state index in [0.29, 0.717) is 19.8 Å². The molecule has 0 aromatic heterocycles. The van der Waals surface area contributed by atoms with E-state index in [-0.39, 0.29) is 17.9 Å². The largest absolute Gasteiger partial charge is 0.492 e. The summed E-state index contributed by atoms with van der Waals surface area (Å²) in [6.45, 7) is 7.22. The van der Waals surface area contributed by atoms with Crippen molar-refractivity contribution in [3.05, 3.63) is 29.8 Å². The summed E-state index contributed by atoms with van der Waals surface area (Å²) in [6.07, 6.45) is 1.73.